The van der Waals surface area contributed by atoms with Crippen LogP contribution in [0.25, 0.3) is 0 Å². The van der Waals surface area contributed by atoms with Gasteiger partial charge in [-0.05, 0) is 24.3 Å². The highest BCUT2D eigenvalue weighted by Gasteiger charge is 2.06. The first kappa shape index (κ1) is 13.4. The van der Waals surface area contributed by atoms with Gasteiger partial charge in [-0.15, -0.1) is 0 Å². The van der Waals surface area contributed by atoms with Gasteiger partial charge in [0.25, 0.3) is 5.69 Å². The number of hydroxylamine groups is 1. The van der Waals surface area contributed by atoms with Crippen LogP contribution in [0, 0.1) is 15.5 Å². The van der Waals surface area contributed by atoms with Crippen molar-refractivity contribution in [1.82, 2.24) is 4.98 Å². The molecule has 1 heterocycles. The van der Waals surface area contributed by atoms with E-state index in [9.17, 15) is 15.3 Å². The Labute approximate surface area is 113 Å². The van der Waals surface area contributed by atoms with Crippen molar-refractivity contribution in [3.63, 3.8) is 0 Å². The number of nitro groups is 1. The topological polar surface area (TPSA) is 113 Å². The number of rotatable bonds is 5. The molecule has 8 heteroatoms. The molecular formula is C12H10N4O4. The standard InChI is InChI=1S/C12H10N4O4/c13-8-15(17)12-6-5-11(7-14-12)20-10-3-1-9(2-4-10)16(18)19/h1-8,13,17H. The van der Waals surface area contributed by atoms with Crippen LogP contribution in [0.2, 0.25) is 0 Å². The van der Waals surface area contributed by atoms with Crippen LogP contribution in [0.4, 0.5) is 11.5 Å². The largest absolute Gasteiger partial charge is 0.456 e. The number of non-ortho nitro benzene ring substituents is 1. The minimum absolute atomic E-state index is 0.0206. The maximum absolute atomic E-state index is 10.5. The lowest BCUT2D eigenvalue weighted by atomic mass is 10.3. The first-order chi connectivity index (χ1) is 9.60. The van der Waals surface area contributed by atoms with Crippen molar-refractivity contribution in [2.45, 2.75) is 0 Å². The molecule has 0 aliphatic rings. The maximum atomic E-state index is 10.5. The van der Waals surface area contributed by atoms with Crippen LogP contribution in [0.15, 0.2) is 42.6 Å². The van der Waals surface area contributed by atoms with E-state index < -0.39 is 4.92 Å². The lowest BCUT2D eigenvalue weighted by Gasteiger charge is -2.09. The van der Waals surface area contributed by atoms with E-state index in [1.54, 1.807) is 6.07 Å². The number of pyridine rings is 1. The number of hydrogen-bond donors (Lipinski definition) is 2. The Bertz CT molecular complexity index is 612. The van der Waals surface area contributed by atoms with E-state index in [0.717, 1.165) is 0 Å². The molecule has 2 rings (SSSR count). The molecule has 0 fully saturated rings. The average molecular weight is 274 g/mol. The van der Waals surface area contributed by atoms with E-state index in [0.29, 0.717) is 22.9 Å². The van der Waals surface area contributed by atoms with Crippen LogP contribution in [0.1, 0.15) is 0 Å². The van der Waals surface area contributed by atoms with Gasteiger partial charge in [-0.3, -0.25) is 20.7 Å². The second-order valence-corrected chi connectivity index (χ2v) is 3.68. The highest BCUT2D eigenvalue weighted by molar-refractivity contribution is 5.71. The second-order valence-electron chi connectivity index (χ2n) is 3.68. The Morgan fingerprint density at radius 2 is 1.90 bits per heavy atom. The van der Waals surface area contributed by atoms with Crippen molar-refractivity contribution >= 4 is 17.8 Å². The third-order valence-corrected chi connectivity index (χ3v) is 2.36. The summed E-state index contributed by atoms with van der Waals surface area (Å²) in [5.74, 6) is 1.01. The van der Waals surface area contributed by atoms with E-state index >= 15 is 0 Å². The van der Waals surface area contributed by atoms with Gasteiger partial charge in [-0.1, -0.05) is 0 Å². The van der Waals surface area contributed by atoms with Gasteiger partial charge in [-0.2, -0.15) is 5.06 Å². The van der Waals surface area contributed by atoms with Gasteiger partial charge in [0.2, 0.25) is 0 Å². The number of ether oxygens (including phenoxy) is 1. The third kappa shape index (κ3) is 3.06. The number of benzene rings is 1. The maximum Gasteiger partial charge on any atom is 0.269 e. The predicted molar refractivity (Wildman–Crippen MR) is 70.5 cm³/mol. The molecule has 8 nitrogen and oxygen atoms in total. The molecule has 1 aromatic carbocycles. The van der Waals surface area contributed by atoms with Gasteiger partial charge >= 0.3 is 0 Å². The van der Waals surface area contributed by atoms with E-state index in [1.165, 1.54) is 36.5 Å². The molecule has 20 heavy (non-hydrogen) atoms. The number of nitro benzene ring substituents is 1. The number of anilines is 1. The molecule has 102 valence electrons. The minimum atomic E-state index is -0.493. The summed E-state index contributed by atoms with van der Waals surface area (Å²) in [6.45, 7) is 0. The lowest BCUT2D eigenvalue weighted by molar-refractivity contribution is -0.384. The summed E-state index contributed by atoms with van der Waals surface area (Å²) in [6.07, 6.45) is 2.07. The van der Waals surface area contributed by atoms with E-state index in [-0.39, 0.29) is 11.5 Å². The summed E-state index contributed by atoms with van der Waals surface area (Å²) in [7, 11) is 0. The minimum Gasteiger partial charge on any atom is -0.456 e. The SMILES string of the molecule is N=CN(O)c1ccc(Oc2ccc([N+](=O)[O-])cc2)cn1. The first-order valence-corrected chi connectivity index (χ1v) is 5.47. The molecule has 0 unspecified atom stereocenters. The molecule has 1 aromatic heterocycles. The number of aromatic nitrogens is 1. The Morgan fingerprint density at radius 3 is 2.40 bits per heavy atom. The third-order valence-electron chi connectivity index (χ3n) is 2.36. The second kappa shape index (κ2) is 5.76. The average Bonchev–Trinajstić information content (AvgIpc) is 2.48. The molecule has 0 atom stereocenters. The molecule has 0 saturated heterocycles. The van der Waals surface area contributed by atoms with Crippen LogP contribution in [0.3, 0.4) is 0 Å². The zero-order valence-electron chi connectivity index (χ0n) is 10.1. The van der Waals surface area contributed by atoms with Gasteiger partial charge < -0.3 is 4.74 Å². The first-order valence-electron chi connectivity index (χ1n) is 5.47. The zero-order chi connectivity index (χ0) is 14.5. The molecule has 0 saturated carbocycles. The van der Waals surface area contributed by atoms with E-state index in [2.05, 4.69) is 4.98 Å². The van der Waals surface area contributed by atoms with Gasteiger partial charge in [0.05, 0.1) is 11.1 Å². The van der Waals surface area contributed by atoms with Crippen LogP contribution in [0.5, 0.6) is 11.5 Å². The van der Waals surface area contributed by atoms with Crippen molar-refractivity contribution in [3.8, 4) is 11.5 Å². The Morgan fingerprint density at radius 1 is 1.25 bits per heavy atom. The summed E-state index contributed by atoms with van der Waals surface area (Å²) in [5.41, 5.74) is -0.0206. The van der Waals surface area contributed by atoms with Crippen LogP contribution >= 0.6 is 0 Å². The fourth-order valence-electron chi connectivity index (χ4n) is 1.41. The summed E-state index contributed by atoms with van der Waals surface area (Å²) in [4.78, 5) is 13.9. The summed E-state index contributed by atoms with van der Waals surface area (Å²) < 4.78 is 5.44. The summed E-state index contributed by atoms with van der Waals surface area (Å²) >= 11 is 0. The summed E-state index contributed by atoms with van der Waals surface area (Å²) in [5, 5.41) is 27.1. The molecule has 0 spiro atoms. The number of hydrogen-bond acceptors (Lipinski definition) is 6. The molecule has 2 N–H and O–H groups in total. The van der Waals surface area contributed by atoms with Crippen molar-refractivity contribution in [3.05, 3.63) is 52.7 Å². The normalized spacial score (nSPS) is 9.85. The Kier molecular flexibility index (Phi) is 3.87. The van der Waals surface area contributed by atoms with Crippen molar-refractivity contribution in [1.29, 1.82) is 5.41 Å². The zero-order valence-corrected chi connectivity index (χ0v) is 10.1. The predicted octanol–water partition coefficient (Wildman–Crippen LogP) is 2.58. The monoisotopic (exact) mass is 274 g/mol. The number of nitrogens with one attached hydrogen (secondary N) is 1. The lowest BCUT2D eigenvalue weighted by Crippen LogP contribution is -2.15. The van der Waals surface area contributed by atoms with Gasteiger partial charge in [0, 0.05) is 12.1 Å². The van der Waals surface area contributed by atoms with Crippen molar-refractivity contribution in [2.75, 3.05) is 5.06 Å². The smallest absolute Gasteiger partial charge is 0.269 e. The molecule has 0 aliphatic heterocycles. The molecule has 0 radical (unpaired) electrons. The van der Waals surface area contributed by atoms with Gasteiger partial charge in [-0.25, -0.2) is 4.98 Å². The Hall–Kier alpha value is -3.00. The fraction of sp³-hybridized carbons (Fsp3) is 0. The molecule has 0 aliphatic carbocycles. The molecule has 0 amide bonds. The Balaban J connectivity index is 2.09. The highest BCUT2D eigenvalue weighted by atomic mass is 16.6. The fourth-order valence-corrected chi connectivity index (χ4v) is 1.41. The molecule has 2 aromatic rings. The van der Waals surface area contributed by atoms with Crippen LogP contribution in [-0.2, 0) is 0 Å². The molecular weight excluding hydrogens is 264 g/mol. The quantitative estimate of drug-likeness (QED) is 0.375. The molecule has 0 bridgehead atoms. The van der Waals surface area contributed by atoms with E-state index in [1.807, 2.05) is 0 Å². The highest BCUT2D eigenvalue weighted by Crippen LogP contribution is 2.24. The van der Waals surface area contributed by atoms with Crippen LogP contribution in [-0.4, -0.2) is 21.5 Å². The summed E-state index contributed by atoms with van der Waals surface area (Å²) in [6, 6.07) is 8.63. The van der Waals surface area contributed by atoms with E-state index in [4.69, 9.17) is 10.1 Å². The van der Waals surface area contributed by atoms with Gasteiger partial charge in [0.15, 0.2) is 5.82 Å². The van der Waals surface area contributed by atoms with Gasteiger partial charge in [0.1, 0.15) is 17.8 Å². The number of nitrogens with zero attached hydrogens (tertiary/aromatic N) is 3. The van der Waals surface area contributed by atoms with Crippen molar-refractivity contribution in [2.24, 2.45) is 0 Å². The van der Waals surface area contributed by atoms with Crippen molar-refractivity contribution < 1.29 is 14.9 Å². The van der Waals surface area contributed by atoms with Crippen LogP contribution < -0.4 is 9.80 Å².